The maximum atomic E-state index is 11.8. The Hall–Kier alpha value is -2.53. The Kier molecular flexibility index (Phi) is 6.42. The number of amides is 1. The van der Waals surface area contributed by atoms with Crippen LogP contribution in [0.4, 0.5) is 5.69 Å². The zero-order valence-electron chi connectivity index (χ0n) is 14.4. The number of benzene rings is 2. The van der Waals surface area contributed by atoms with Crippen LogP contribution in [0.15, 0.2) is 36.4 Å². The smallest absolute Gasteiger partial charge is 0.344 e. The second-order valence-electron chi connectivity index (χ2n) is 5.73. The van der Waals surface area contributed by atoms with E-state index in [1.807, 2.05) is 32.9 Å². The van der Waals surface area contributed by atoms with E-state index in [4.69, 9.17) is 21.1 Å². The van der Waals surface area contributed by atoms with E-state index in [0.29, 0.717) is 16.5 Å². The van der Waals surface area contributed by atoms with Gasteiger partial charge in [-0.25, -0.2) is 4.79 Å². The fourth-order valence-electron chi connectivity index (χ4n) is 2.28. The molecule has 0 bridgehead atoms. The predicted molar refractivity (Wildman–Crippen MR) is 97.2 cm³/mol. The molecule has 25 heavy (non-hydrogen) atoms. The molecule has 6 heteroatoms. The van der Waals surface area contributed by atoms with Crippen LogP contribution in [0.3, 0.4) is 0 Å². The van der Waals surface area contributed by atoms with Gasteiger partial charge in [-0.3, -0.25) is 4.79 Å². The first-order valence-corrected chi connectivity index (χ1v) is 8.14. The van der Waals surface area contributed by atoms with Gasteiger partial charge < -0.3 is 14.8 Å². The number of rotatable bonds is 6. The van der Waals surface area contributed by atoms with Crippen LogP contribution < -0.4 is 10.1 Å². The predicted octanol–water partition coefficient (Wildman–Crippen LogP) is 3.83. The van der Waals surface area contributed by atoms with Gasteiger partial charge in [0.25, 0.3) is 5.91 Å². The van der Waals surface area contributed by atoms with E-state index in [1.165, 1.54) is 0 Å². The van der Waals surface area contributed by atoms with Crippen molar-refractivity contribution in [1.82, 2.24) is 0 Å². The number of nitrogens with one attached hydrogen (secondary N) is 1. The molecule has 0 aliphatic rings. The number of carbonyl (C=O) groups excluding carboxylic acids is 2. The third-order valence-electron chi connectivity index (χ3n) is 3.46. The summed E-state index contributed by atoms with van der Waals surface area (Å²) in [4.78, 5) is 23.5. The molecule has 0 aliphatic carbocycles. The molecule has 0 heterocycles. The van der Waals surface area contributed by atoms with Crippen molar-refractivity contribution in [2.45, 2.75) is 20.8 Å². The van der Waals surface area contributed by atoms with Gasteiger partial charge in [0.05, 0.1) is 0 Å². The molecule has 5 nitrogen and oxygen atoms in total. The summed E-state index contributed by atoms with van der Waals surface area (Å²) in [6.07, 6.45) is 0. The quantitative estimate of drug-likeness (QED) is 0.794. The van der Waals surface area contributed by atoms with Crippen molar-refractivity contribution in [3.63, 3.8) is 0 Å². The minimum atomic E-state index is -0.618. The van der Waals surface area contributed by atoms with E-state index < -0.39 is 11.9 Å². The Labute approximate surface area is 151 Å². The Morgan fingerprint density at radius 1 is 1.00 bits per heavy atom. The van der Waals surface area contributed by atoms with Crippen LogP contribution in [0.25, 0.3) is 0 Å². The highest BCUT2D eigenvalue weighted by Gasteiger charge is 2.11. The molecule has 2 rings (SSSR count). The zero-order chi connectivity index (χ0) is 18.4. The molecule has 1 N–H and O–H groups in total. The van der Waals surface area contributed by atoms with Crippen molar-refractivity contribution in [1.29, 1.82) is 0 Å². The standard InChI is InChI=1S/C19H20ClNO4/c1-12-4-6-16(7-5-12)21-17(22)10-24-18(23)11-25-19-13(2)8-15(20)9-14(19)3/h4-9H,10-11H2,1-3H3,(H,21,22). The highest BCUT2D eigenvalue weighted by molar-refractivity contribution is 6.30. The summed E-state index contributed by atoms with van der Waals surface area (Å²) in [6.45, 7) is 5.00. The Bertz CT molecular complexity index is 748. The highest BCUT2D eigenvalue weighted by Crippen LogP contribution is 2.26. The second-order valence-corrected chi connectivity index (χ2v) is 6.17. The lowest BCUT2D eigenvalue weighted by atomic mass is 10.1. The average molecular weight is 362 g/mol. The number of aryl methyl sites for hydroxylation is 3. The van der Waals surface area contributed by atoms with Gasteiger partial charge in [-0.15, -0.1) is 0 Å². The van der Waals surface area contributed by atoms with Crippen molar-refractivity contribution in [3.05, 3.63) is 58.1 Å². The van der Waals surface area contributed by atoms with Gasteiger partial charge in [-0.1, -0.05) is 29.3 Å². The Balaban J connectivity index is 1.79. The van der Waals surface area contributed by atoms with Crippen molar-refractivity contribution in [3.8, 4) is 5.75 Å². The van der Waals surface area contributed by atoms with Gasteiger partial charge in [-0.2, -0.15) is 0 Å². The van der Waals surface area contributed by atoms with E-state index in [0.717, 1.165) is 16.7 Å². The number of halogens is 1. The van der Waals surface area contributed by atoms with Gasteiger partial charge in [0.1, 0.15) is 5.75 Å². The first kappa shape index (κ1) is 18.8. The molecule has 0 unspecified atom stereocenters. The van der Waals surface area contributed by atoms with Crippen LogP contribution in [-0.2, 0) is 14.3 Å². The van der Waals surface area contributed by atoms with Crippen molar-refractivity contribution < 1.29 is 19.1 Å². The first-order chi connectivity index (χ1) is 11.8. The van der Waals surface area contributed by atoms with Crippen LogP contribution in [0.5, 0.6) is 5.75 Å². The molecule has 0 aliphatic heterocycles. The second kappa shape index (κ2) is 8.53. The molecule has 0 aromatic heterocycles. The molecule has 0 fully saturated rings. The summed E-state index contributed by atoms with van der Waals surface area (Å²) in [6, 6.07) is 10.8. The normalized spacial score (nSPS) is 10.2. The summed E-state index contributed by atoms with van der Waals surface area (Å²) < 4.78 is 10.4. The minimum Gasteiger partial charge on any atom is -0.481 e. The SMILES string of the molecule is Cc1ccc(NC(=O)COC(=O)COc2c(C)cc(Cl)cc2C)cc1. The molecule has 0 saturated heterocycles. The highest BCUT2D eigenvalue weighted by atomic mass is 35.5. The minimum absolute atomic E-state index is 0.277. The first-order valence-electron chi connectivity index (χ1n) is 7.77. The van der Waals surface area contributed by atoms with Crippen LogP contribution in [0.1, 0.15) is 16.7 Å². The average Bonchev–Trinajstić information content (AvgIpc) is 2.54. The van der Waals surface area contributed by atoms with Crippen LogP contribution in [0, 0.1) is 20.8 Å². The number of ether oxygens (including phenoxy) is 2. The molecule has 132 valence electrons. The van der Waals surface area contributed by atoms with Crippen molar-refractivity contribution in [2.75, 3.05) is 18.5 Å². The summed E-state index contributed by atoms with van der Waals surface area (Å²) in [5, 5.41) is 3.26. The van der Waals surface area contributed by atoms with E-state index in [1.54, 1.807) is 24.3 Å². The number of carbonyl (C=O) groups is 2. The van der Waals surface area contributed by atoms with Gasteiger partial charge in [0.2, 0.25) is 0 Å². The number of esters is 1. The number of hydrogen-bond acceptors (Lipinski definition) is 4. The Morgan fingerprint density at radius 3 is 2.20 bits per heavy atom. The molecule has 2 aromatic rings. The van der Waals surface area contributed by atoms with Crippen molar-refractivity contribution in [2.24, 2.45) is 0 Å². The van der Waals surface area contributed by atoms with E-state index in [-0.39, 0.29) is 13.2 Å². The molecule has 0 radical (unpaired) electrons. The lowest BCUT2D eigenvalue weighted by Crippen LogP contribution is -2.23. The van der Waals surface area contributed by atoms with Crippen LogP contribution >= 0.6 is 11.6 Å². The topological polar surface area (TPSA) is 64.6 Å². The summed E-state index contributed by atoms with van der Waals surface area (Å²) in [5.74, 6) is -0.436. The molecule has 1 amide bonds. The largest absolute Gasteiger partial charge is 0.481 e. The maximum absolute atomic E-state index is 11.8. The summed E-state index contributed by atoms with van der Waals surface area (Å²) in [5.41, 5.74) is 3.40. The van der Waals surface area contributed by atoms with Crippen LogP contribution in [0.2, 0.25) is 5.02 Å². The third-order valence-corrected chi connectivity index (χ3v) is 3.68. The Morgan fingerprint density at radius 2 is 1.60 bits per heavy atom. The van der Waals surface area contributed by atoms with E-state index >= 15 is 0 Å². The van der Waals surface area contributed by atoms with Crippen LogP contribution in [-0.4, -0.2) is 25.1 Å². The van der Waals surface area contributed by atoms with E-state index in [2.05, 4.69) is 5.32 Å². The molecule has 0 spiro atoms. The van der Waals surface area contributed by atoms with Gasteiger partial charge in [0, 0.05) is 10.7 Å². The lowest BCUT2D eigenvalue weighted by Gasteiger charge is -2.12. The third kappa shape index (κ3) is 5.80. The molecular weight excluding hydrogens is 342 g/mol. The van der Waals surface area contributed by atoms with Gasteiger partial charge in [-0.05, 0) is 56.2 Å². The number of hydrogen-bond donors (Lipinski definition) is 1. The van der Waals surface area contributed by atoms with Gasteiger partial charge in [0.15, 0.2) is 13.2 Å². The monoisotopic (exact) mass is 361 g/mol. The summed E-state index contributed by atoms with van der Waals surface area (Å²) in [7, 11) is 0. The van der Waals surface area contributed by atoms with Gasteiger partial charge >= 0.3 is 5.97 Å². The van der Waals surface area contributed by atoms with Crippen molar-refractivity contribution >= 4 is 29.2 Å². The number of anilines is 1. The lowest BCUT2D eigenvalue weighted by molar-refractivity contribution is -0.149. The maximum Gasteiger partial charge on any atom is 0.344 e. The molecule has 0 saturated carbocycles. The summed E-state index contributed by atoms with van der Waals surface area (Å²) >= 11 is 5.95. The molecule has 2 aromatic carbocycles. The van der Waals surface area contributed by atoms with E-state index in [9.17, 15) is 9.59 Å². The zero-order valence-corrected chi connectivity index (χ0v) is 15.1. The fraction of sp³-hybridized carbons (Fsp3) is 0.263. The molecule has 0 atom stereocenters. The fourth-order valence-corrected chi connectivity index (χ4v) is 2.61. The molecular formula is C19H20ClNO4.